The van der Waals surface area contributed by atoms with E-state index >= 15 is 0 Å². The average Bonchev–Trinajstić information content (AvgIpc) is 3.02. The van der Waals surface area contributed by atoms with Crippen molar-refractivity contribution in [1.82, 2.24) is 4.98 Å². The van der Waals surface area contributed by atoms with Crippen LogP contribution in [0.2, 0.25) is 5.02 Å². The minimum atomic E-state index is -1.01. The highest BCUT2D eigenvalue weighted by Gasteiger charge is 2.45. The van der Waals surface area contributed by atoms with Gasteiger partial charge in [0.25, 0.3) is 5.91 Å². The highest BCUT2D eigenvalue weighted by molar-refractivity contribution is 6.30. The third-order valence-corrected chi connectivity index (χ3v) is 5.16. The number of carbonyl (C=O) groups is 1. The molecular weight excluding hydrogens is 395 g/mol. The van der Waals surface area contributed by atoms with Gasteiger partial charge < -0.3 is 4.42 Å². The lowest BCUT2D eigenvalue weighted by molar-refractivity contribution is 0.0970. The number of pyridine rings is 1. The Bertz CT molecular complexity index is 1330. The predicted molar refractivity (Wildman–Crippen MR) is 107 cm³/mol. The van der Waals surface area contributed by atoms with Gasteiger partial charge in [0.1, 0.15) is 17.2 Å². The van der Waals surface area contributed by atoms with E-state index in [1.807, 2.05) is 0 Å². The summed E-state index contributed by atoms with van der Waals surface area (Å²) in [5.41, 5.74) is 0.192. The van der Waals surface area contributed by atoms with E-state index < -0.39 is 17.8 Å². The number of nitrogens with zero attached hydrogens (tertiary/aromatic N) is 2. The van der Waals surface area contributed by atoms with Crippen LogP contribution >= 0.6 is 11.6 Å². The van der Waals surface area contributed by atoms with Crippen molar-refractivity contribution < 1.29 is 13.6 Å². The van der Waals surface area contributed by atoms with Gasteiger partial charge in [-0.15, -0.1) is 0 Å². The molecule has 0 fully saturated rings. The molecule has 4 aromatic rings. The number of para-hydroxylation sites is 1. The summed E-state index contributed by atoms with van der Waals surface area (Å²) in [5, 5.41) is 0.714. The molecule has 2 aromatic heterocycles. The number of carbonyl (C=O) groups excluding carboxylic acids is 1. The molecule has 0 saturated heterocycles. The minimum absolute atomic E-state index is 0.0931. The highest BCUT2D eigenvalue weighted by atomic mass is 35.5. The number of rotatable bonds is 2. The van der Waals surface area contributed by atoms with Crippen LogP contribution in [0.1, 0.15) is 27.7 Å². The molecule has 1 amide bonds. The highest BCUT2D eigenvalue weighted by Crippen LogP contribution is 2.41. The maximum atomic E-state index is 14.7. The fourth-order valence-electron chi connectivity index (χ4n) is 3.66. The molecular formula is C22H12ClFN2O3. The predicted octanol–water partition coefficient (Wildman–Crippen LogP) is 4.73. The zero-order valence-corrected chi connectivity index (χ0v) is 15.6. The molecule has 1 aliphatic rings. The van der Waals surface area contributed by atoms with Crippen LogP contribution in [-0.4, -0.2) is 10.9 Å². The monoisotopic (exact) mass is 406 g/mol. The third kappa shape index (κ3) is 2.64. The summed E-state index contributed by atoms with van der Waals surface area (Å²) in [6.07, 6.45) is 1.39. The third-order valence-electron chi connectivity index (χ3n) is 4.94. The largest absolute Gasteiger partial charge is 0.450 e. The van der Waals surface area contributed by atoms with E-state index in [1.165, 1.54) is 17.2 Å². The molecule has 0 bridgehead atoms. The molecule has 5 nitrogen and oxygen atoms in total. The molecule has 1 aliphatic heterocycles. The normalized spacial score (nSPS) is 15.7. The van der Waals surface area contributed by atoms with Crippen LogP contribution in [0.4, 0.5) is 10.2 Å². The van der Waals surface area contributed by atoms with Crippen molar-refractivity contribution in [3.8, 4) is 0 Å². The number of anilines is 1. The van der Waals surface area contributed by atoms with Gasteiger partial charge in [-0.05, 0) is 30.3 Å². The Morgan fingerprint density at radius 2 is 1.76 bits per heavy atom. The van der Waals surface area contributed by atoms with Gasteiger partial charge in [0.05, 0.1) is 22.0 Å². The number of halogens is 2. The number of aromatic nitrogens is 1. The summed E-state index contributed by atoms with van der Waals surface area (Å²) in [4.78, 5) is 32.0. The van der Waals surface area contributed by atoms with Crippen molar-refractivity contribution in [2.75, 3.05) is 4.90 Å². The van der Waals surface area contributed by atoms with Crippen LogP contribution in [0.5, 0.6) is 0 Å². The van der Waals surface area contributed by atoms with Gasteiger partial charge in [-0.2, -0.15) is 0 Å². The first-order chi connectivity index (χ1) is 14.1. The zero-order valence-electron chi connectivity index (χ0n) is 14.8. The van der Waals surface area contributed by atoms with Gasteiger partial charge in [0.15, 0.2) is 5.43 Å². The van der Waals surface area contributed by atoms with Gasteiger partial charge in [-0.25, -0.2) is 9.37 Å². The fraction of sp³-hybridized carbons (Fsp3) is 0.0455. The molecule has 0 spiro atoms. The standard InChI is InChI=1S/C22H12ClFN2O3/c23-12-9-10-17(25-11-12)26-19(13-5-1-3-7-15(13)24)18-20(27)14-6-2-4-8-16(14)29-21(18)22(26)28/h1-11,19H/t19-/m0/s1. The summed E-state index contributed by atoms with van der Waals surface area (Å²) in [6, 6.07) is 14.8. The lowest BCUT2D eigenvalue weighted by Crippen LogP contribution is -2.30. The van der Waals surface area contributed by atoms with Crippen molar-refractivity contribution in [3.63, 3.8) is 0 Å². The van der Waals surface area contributed by atoms with Crippen molar-refractivity contribution in [2.45, 2.75) is 6.04 Å². The van der Waals surface area contributed by atoms with E-state index in [4.69, 9.17) is 16.0 Å². The summed E-state index contributed by atoms with van der Waals surface area (Å²) in [7, 11) is 0. The van der Waals surface area contributed by atoms with E-state index in [0.29, 0.717) is 16.0 Å². The molecule has 29 heavy (non-hydrogen) atoms. The van der Waals surface area contributed by atoms with Crippen LogP contribution in [-0.2, 0) is 0 Å². The van der Waals surface area contributed by atoms with E-state index in [0.717, 1.165) is 0 Å². The Balaban J connectivity index is 1.84. The Labute approximate surface area is 169 Å². The van der Waals surface area contributed by atoms with Gasteiger partial charge in [0.2, 0.25) is 5.76 Å². The van der Waals surface area contributed by atoms with Crippen molar-refractivity contribution in [2.24, 2.45) is 0 Å². The SMILES string of the molecule is O=C1c2oc3ccccc3c(=O)c2[C@H](c2ccccc2F)N1c1ccc(Cl)cn1. The molecule has 1 atom stereocenters. The van der Waals surface area contributed by atoms with Crippen LogP contribution in [0.3, 0.4) is 0 Å². The van der Waals surface area contributed by atoms with E-state index in [2.05, 4.69) is 4.98 Å². The Hall–Kier alpha value is -3.51. The molecule has 0 saturated carbocycles. The van der Waals surface area contributed by atoms with Gasteiger partial charge in [0, 0.05) is 11.8 Å². The van der Waals surface area contributed by atoms with Crippen molar-refractivity contribution in [1.29, 1.82) is 0 Å². The molecule has 0 radical (unpaired) electrons. The Morgan fingerprint density at radius 1 is 1.00 bits per heavy atom. The fourth-order valence-corrected chi connectivity index (χ4v) is 3.77. The summed E-state index contributed by atoms with van der Waals surface area (Å²) in [6.45, 7) is 0. The second-order valence-corrected chi connectivity index (χ2v) is 7.04. The van der Waals surface area contributed by atoms with E-state index in [9.17, 15) is 14.0 Å². The number of hydrogen-bond acceptors (Lipinski definition) is 4. The zero-order chi connectivity index (χ0) is 20.1. The van der Waals surface area contributed by atoms with Crippen LogP contribution in [0, 0.1) is 5.82 Å². The summed E-state index contributed by atoms with van der Waals surface area (Å²) >= 11 is 5.92. The smallest absolute Gasteiger partial charge is 0.296 e. The first-order valence-corrected chi connectivity index (χ1v) is 9.19. The van der Waals surface area contributed by atoms with Gasteiger partial charge >= 0.3 is 0 Å². The molecule has 3 heterocycles. The van der Waals surface area contributed by atoms with E-state index in [-0.39, 0.29) is 28.1 Å². The number of fused-ring (bicyclic) bond motifs is 2. The molecule has 142 valence electrons. The summed E-state index contributed by atoms with van der Waals surface area (Å²) < 4.78 is 20.5. The van der Waals surface area contributed by atoms with Gasteiger partial charge in [-0.1, -0.05) is 41.9 Å². The maximum absolute atomic E-state index is 14.7. The number of benzene rings is 2. The summed E-state index contributed by atoms with van der Waals surface area (Å²) in [5.74, 6) is -0.975. The first-order valence-electron chi connectivity index (χ1n) is 8.81. The van der Waals surface area contributed by atoms with Crippen molar-refractivity contribution >= 4 is 34.3 Å². The molecule has 2 aromatic carbocycles. The van der Waals surface area contributed by atoms with Crippen LogP contribution < -0.4 is 10.3 Å². The first kappa shape index (κ1) is 17.6. The number of amides is 1. The van der Waals surface area contributed by atoms with Gasteiger partial charge in [-0.3, -0.25) is 14.5 Å². The molecule has 5 rings (SSSR count). The maximum Gasteiger partial charge on any atom is 0.296 e. The molecule has 7 heteroatoms. The van der Waals surface area contributed by atoms with Crippen LogP contribution in [0.25, 0.3) is 11.0 Å². The average molecular weight is 407 g/mol. The lowest BCUT2D eigenvalue weighted by atomic mass is 9.98. The molecule has 0 aliphatic carbocycles. The molecule has 0 unspecified atom stereocenters. The second kappa shape index (κ2) is 6.53. The van der Waals surface area contributed by atoms with Crippen LogP contribution in [0.15, 0.2) is 76.1 Å². The minimum Gasteiger partial charge on any atom is -0.450 e. The second-order valence-electron chi connectivity index (χ2n) is 6.60. The van der Waals surface area contributed by atoms with E-state index in [1.54, 1.807) is 54.6 Å². The Morgan fingerprint density at radius 3 is 2.52 bits per heavy atom. The quantitative estimate of drug-likeness (QED) is 0.482. The number of hydrogen-bond donors (Lipinski definition) is 0. The topological polar surface area (TPSA) is 63.4 Å². The molecule has 0 N–H and O–H groups in total. The lowest BCUT2D eigenvalue weighted by Gasteiger charge is -2.24. The Kier molecular flexibility index (Phi) is 3.96. The van der Waals surface area contributed by atoms with Crippen molar-refractivity contribution in [3.05, 3.63) is 105 Å².